The molecule has 4 nitrogen and oxygen atoms in total. The number of ketones is 1. The van der Waals surface area contributed by atoms with Crippen LogP contribution in [0.4, 0.5) is 5.69 Å². The van der Waals surface area contributed by atoms with Gasteiger partial charge >= 0.3 is 0 Å². The van der Waals surface area contributed by atoms with Crippen LogP contribution in [0.5, 0.6) is 0 Å². The lowest BCUT2D eigenvalue weighted by Crippen LogP contribution is -2.01. The lowest BCUT2D eigenvalue weighted by Gasteiger charge is -2.00. The Morgan fingerprint density at radius 2 is 1.92 bits per heavy atom. The molecule has 0 unspecified atom stereocenters. The van der Waals surface area contributed by atoms with Crippen molar-refractivity contribution >= 4 is 44.6 Å². The average molecular weight is 355 g/mol. The van der Waals surface area contributed by atoms with E-state index in [1.165, 1.54) is 11.3 Å². The predicted molar refractivity (Wildman–Crippen MR) is 96.6 cm³/mol. The van der Waals surface area contributed by atoms with Crippen molar-refractivity contribution in [1.29, 1.82) is 0 Å². The van der Waals surface area contributed by atoms with E-state index < -0.39 is 0 Å². The van der Waals surface area contributed by atoms with Gasteiger partial charge in [-0.3, -0.25) is 4.79 Å². The summed E-state index contributed by atoms with van der Waals surface area (Å²) in [6.07, 6.45) is 1.60. The number of rotatable bonds is 3. The SMILES string of the molecule is Nc1c(C(=O)c2ccc(Cl)cc2)sc2nc(-c3ccco3)ccc12. The maximum absolute atomic E-state index is 12.7. The smallest absolute Gasteiger partial charge is 0.205 e. The number of anilines is 1. The fraction of sp³-hybridized carbons (Fsp3) is 0. The largest absolute Gasteiger partial charge is 0.463 e. The topological polar surface area (TPSA) is 69.1 Å². The molecule has 4 aromatic rings. The predicted octanol–water partition coefficient (Wildman–Crippen LogP) is 5.02. The molecule has 0 spiro atoms. The van der Waals surface area contributed by atoms with Gasteiger partial charge in [0.15, 0.2) is 5.76 Å². The highest BCUT2D eigenvalue weighted by atomic mass is 35.5. The molecule has 1 aromatic carbocycles. The van der Waals surface area contributed by atoms with E-state index in [-0.39, 0.29) is 5.78 Å². The van der Waals surface area contributed by atoms with Crippen LogP contribution in [-0.2, 0) is 0 Å². The molecule has 118 valence electrons. The number of aromatic nitrogens is 1. The van der Waals surface area contributed by atoms with Crippen molar-refractivity contribution in [3.8, 4) is 11.5 Å². The van der Waals surface area contributed by atoms with Crippen molar-refractivity contribution in [2.24, 2.45) is 0 Å². The maximum atomic E-state index is 12.7. The standard InChI is InChI=1S/C18H11ClN2O2S/c19-11-5-3-10(4-6-11)16(22)17-15(20)12-7-8-13(21-18(12)24-17)14-2-1-9-23-14/h1-9H,20H2. The number of carbonyl (C=O) groups excluding carboxylic acids is 1. The Morgan fingerprint density at radius 1 is 1.12 bits per heavy atom. The van der Waals surface area contributed by atoms with Gasteiger partial charge in [-0.2, -0.15) is 0 Å². The first-order valence-electron chi connectivity index (χ1n) is 7.16. The second-order valence-electron chi connectivity index (χ2n) is 5.21. The van der Waals surface area contributed by atoms with E-state index in [2.05, 4.69) is 4.98 Å². The molecule has 0 aliphatic rings. The number of nitrogens with zero attached hydrogens (tertiary/aromatic N) is 1. The van der Waals surface area contributed by atoms with Gasteiger partial charge in [0, 0.05) is 16.0 Å². The van der Waals surface area contributed by atoms with Crippen molar-refractivity contribution in [3.63, 3.8) is 0 Å². The van der Waals surface area contributed by atoms with Crippen LogP contribution in [0.15, 0.2) is 59.2 Å². The molecule has 0 saturated carbocycles. The number of nitrogen functional groups attached to an aromatic ring is 1. The summed E-state index contributed by atoms with van der Waals surface area (Å²) in [5, 5.41) is 1.35. The van der Waals surface area contributed by atoms with Gasteiger partial charge in [-0.15, -0.1) is 11.3 Å². The van der Waals surface area contributed by atoms with Gasteiger partial charge in [0.05, 0.1) is 12.0 Å². The summed E-state index contributed by atoms with van der Waals surface area (Å²) in [6.45, 7) is 0. The van der Waals surface area contributed by atoms with E-state index in [0.29, 0.717) is 37.4 Å². The molecule has 0 bridgehead atoms. The summed E-state index contributed by atoms with van der Waals surface area (Å²) in [5.74, 6) is 0.543. The quantitative estimate of drug-likeness (QED) is 0.524. The Bertz CT molecular complexity index is 1040. The molecule has 3 aromatic heterocycles. The van der Waals surface area contributed by atoms with E-state index in [4.69, 9.17) is 21.8 Å². The van der Waals surface area contributed by atoms with Gasteiger partial charge in [0.2, 0.25) is 5.78 Å². The van der Waals surface area contributed by atoms with Crippen LogP contribution in [0.2, 0.25) is 5.02 Å². The van der Waals surface area contributed by atoms with Crippen molar-refractivity contribution in [1.82, 2.24) is 4.98 Å². The van der Waals surface area contributed by atoms with Crippen LogP contribution >= 0.6 is 22.9 Å². The summed E-state index contributed by atoms with van der Waals surface area (Å²) < 4.78 is 5.36. The van der Waals surface area contributed by atoms with Gasteiger partial charge in [-0.1, -0.05) is 11.6 Å². The fourth-order valence-electron chi connectivity index (χ4n) is 2.46. The van der Waals surface area contributed by atoms with E-state index >= 15 is 0 Å². The van der Waals surface area contributed by atoms with Crippen molar-refractivity contribution in [2.45, 2.75) is 0 Å². The first-order valence-corrected chi connectivity index (χ1v) is 8.36. The van der Waals surface area contributed by atoms with E-state index in [1.54, 1.807) is 36.6 Å². The molecule has 4 rings (SSSR count). The summed E-state index contributed by atoms with van der Waals surface area (Å²) >= 11 is 7.15. The minimum atomic E-state index is -0.133. The number of nitrogens with two attached hydrogens (primary N) is 1. The van der Waals surface area contributed by atoms with Gasteiger partial charge in [-0.25, -0.2) is 4.98 Å². The lowest BCUT2D eigenvalue weighted by atomic mass is 10.1. The van der Waals surface area contributed by atoms with Gasteiger partial charge < -0.3 is 10.2 Å². The Morgan fingerprint density at radius 3 is 2.62 bits per heavy atom. The second-order valence-corrected chi connectivity index (χ2v) is 6.64. The number of hydrogen-bond acceptors (Lipinski definition) is 5. The number of hydrogen-bond donors (Lipinski definition) is 1. The van der Waals surface area contributed by atoms with Crippen molar-refractivity contribution in [3.05, 3.63) is 70.3 Å². The molecular weight excluding hydrogens is 344 g/mol. The third kappa shape index (κ3) is 2.48. The number of halogens is 1. The molecule has 0 aliphatic heterocycles. The normalized spacial score (nSPS) is 11.0. The number of pyridine rings is 1. The summed E-state index contributed by atoms with van der Waals surface area (Å²) in [5.41, 5.74) is 7.88. The highest BCUT2D eigenvalue weighted by Crippen LogP contribution is 2.35. The third-order valence-electron chi connectivity index (χ3n) is 3.68. The van der Waals surface area contributed by atoms with Gasteiger partial charge in [0.1, 0.15) is 15.4 Å². The number of fused-ring (bicyclic) bond motifs is 1. The number of benzene rings is 1. The Labute approximate surface area is 146 Å². The molecule has 0 aliphatic carbocycles. The van der Waals surface area contributed by atoms with Gasteiger partial charge in [-0.05, 0) is 48.5 Å². The van der Waals surface area contributed by atoms with Crippen LogP contribution in [0.3, 0.4) is 0 Å². The summed E-state index contributed by atoms with van der Waals surface area (Å²) in [6, 6.07) is 14.1. The van der Waals surface area contributed by atoms with Crippen LogP contribution in [0.25, 0.3) is 21.7 Å². The Balaban J connectivity index is 1.80. The number of carbonyl (C=O) groups is 1. The first-order chi connectivity index (χ1) is 11.6. The zero-order chi connectivity index (χ0) is 16.7. The monoisotopic (exact) mass is 354 g/mol. The molecule has 0 fully saturated rings. The maximum Gasteiger partial charge on any atom is 0.205 e. The van der Waals surface area contributed by atoms with Crippen LogP contribution in [-0.4, -0.2) is 10.8 Å². The zero-order valence-corrected chi connectivity index (χ0v) is 13.9. The first kappa shape index (κ1) is 14.9. The Kier molecular flexibility index (Phi) is 3.59. The highest BCUT2D eigenvalue weighted by Gasteiger charge is 2.19. The Hall–Kier alpha value is -2.63. The molecule has 3 heterocycles. The van der Waals surface area contributed by atoms with E-state index in [9.17, 15) is 4.79 Å². The minimum Gasteiger partial charge on any atom is -0.463 e. The average Bonchev–Trinajstić information content (AvgIpc) is 3.23. The molecular formula is C18H11ClN2O2S. The molecule has 24 heavy (non-hydrogen) atoms. The minimum absolute atomic E-state index is 0.133. The fourth-order valence-corrected chi connectivity index (χ4v) is 3.64. The third-order valence-corrected chi connectivity index (χ3v) is 5.05. The molecule has 0 amide bonds. The molecule has 0 atom stereocenters. The number of furan rings is 1. The van der Waals surface area contributed by atoms with Crippen LogP contribution in [0.1, 0.15) is 15.2 Å². The lowest BCUT2D eigenvalue weighted by molar-refractivity contribution is 0.104. The highest BCUT2D eigenvalue weighted by molar-refractivity contribution is 7.21. The van der Waals surface area contributed by atoms with Crippen LogP contribution < -0.4 is 5.73 Å². The second kappa shape index (κ2) is 5.78. The summed E-state index contributed by atoms with van der Waals surface area (Å²) in [4.78, 5) is 18.5. The van der Waals surface area contributed by atoms with Crippen molar-refractivity contribution in [2.75, 3.05) is 5.73 Å². The molecule has 0 saturated heterocycles. The van der Waals surface area contributed by atoms with Crippen LogP contribution in [0, 0.1) is 0 Å². The zero-order valence-electron chi connectivity index (χ0n) is 12.3. The van der Waals surface area contributed by atoms with E-state index in [0.717, 1.165) is 5.39 Å². The molecule has 2 N–H and O–H groups in total. The molecule has 6 heteroatoms. The number of thiophene rings is 1. The van der Waals surface area contributed by atoms with E-state index in [1.807, 2.05) is 18.2 Å². The van der Waals surface area contributed by atoms with Crippen molar-refractivity contribution < 1.29 is 9.21 Å². The van der Waals surface area contributed by atoms with Gasteiger partial charge in [0.25, 0.3) is 0 Å². The molecule has 0 radical (unpaired) electrons. The summed E-state index contributed by atoms with van der Waals surface area (Å²) in [7, 11) is 0.